The Balaban J connectivity index is 0.000000487. The summed E-state index contributed by atoms with van der Waals surface area (Å²) < 4.78 is 0. The molecule has 0 bridgehead atoms. The number of carbonyl (C=O) groups excluding carboxylic acids is 2. The second-order valence-electron chi connectivity index (χ2n) is 16.7. The molecule has 0 aliphatic heterocycles. The van der Waals surface area contributed by atoms with Gasteiger partial charge >= 0.3 is 0 Å². The first-order chi connectivity index (χ1) is 20.6. The lowest BCUT2D eigenvalue weighted by atomic mass is 9.78. The molecule has 0 heterocycles. The van der Waals surface area contributed by atoms with Gasteiger partial charge in [-0.3, -0.25) is 4.79 Å². The summed E-state index contributed by atoms with van der Waals surface area (Å²) in [7, 11) is 0. The standard InChI is InChI=1S/C23H40N2O2.C17H26O/c1-22(2,3)18-15-17(16-19(21(18)27)23(4,5)6)11-12-20(26)25-14-10-8-7-9-13-24;1-16(2,3)14-10-13(8-7-9-18)11-15(12-14)17(4,5)6/h15-16,27H,7-14,24H2,1-6H3,(H,25,26);9-12H,7-8H2,1-6H3. The van der Waals surface area contributed by atoms with E-state index in [0.717, 1.165) is 68.2 Å². The van der Waals surface area contributed by atoms with Crippen molar-refractivity contribution in [3.8, 4) is 5.75 Å². The van der Waals surface area contributed by atoms with E-state index in [4.69, 9.17) is 5.73 Å². The van der Waals surface area contributed by atoms with Gasteiger partial charge in [-0.25, -0.2) is 0 Å². The van der Waals surface area contributed by atoms with Gasteiger partial charge in [0.15, 0.2) is 0 Å². The Labute approximate surface area is 276 Å². The number of nitrogens with two attached hydrogens (primary N) is 1. The molecule has 0 aliphatic rings. The molecule has 5 nitrogen and oxygen atoms in total. The zero-order valence-corrected chi connectivity index (χ0v) is 30.9. The number of benzene rings is 2. The van der Waals surface area contributed by atoms with Gasteiger partial charge in [0.1, 0.15) is 12.0 Å². The van der Waals surface area contributed by atoms with Crippen LogP contribution in [0.3, 0.4) is 0 Å². The minimum absolute atomic E-state index is 0.0940. The molecule has 254 valence electrons. The van der Waals surface area contributed by atoms with Gasteiger partial charge in [-0.05, 0) is 87.3 Å². The topological polar surface area (TPSA) is 92.4 Å². The molecule has 2 aromatic carbocycles. The van der Waals surface area contributed by atoms with E-state index in [1.54, 1.807) is 0 Å². The van der Waals surface area contributed by atoms with Crippen LogP contribution in [-0.2, 0) is 44.1 Å². The van der Waals surface area contributed by atoms with Crippen LogP contribution in [0.25, 0.3) is 0 Å². The molecule has 2 rings (SSSR count). The van der Waals surface area contributed by atoms with Crippen molar-refractivity contribution < 1.29 is 14.7 Å². The number of amides is 1. The summed E-state index contributed by atoms with van der Waals surface area (Å²) in [4.78, 5) is 22.7. The molecule has 0 saturated carbocycles. The van der Waals surface area contributed by atoms with Crippen LogP contribution in [0.15, 0.2) is 30.3 Å². The molecular formula is C40H66N2O3. The van der Waals surface area contributed by atoms with Gasteiger partial charge in [0, 0.05) is 19.4 Å². The van der Waals surface area contributed by atoms with Crippen LogP contribution in [0.2, 0.25) is 0 Å². The second-order valence-corrected chi connectivity index (χ2v) is 16.7. The van der Waals surface area contributed by atoms with E-state index in [-0.39, 0.29) is 27.6 Å². The molecule has 0 spiro atoms. The first-order valence-corrected chi connectivity index (χ1v) is 17.0. The molecule has 0 aromatic heterocycles. The number of carbonyl (C=O) groups is 2. The van der Waals surface area contributed by atoms with E-state index in [0.29, 0.717) is 25.0 Å². The molecule has 0 fully saturated rings. The second kappa shape index (κ2) is 17.3. The van der Waals surface area contributed by atoms with Gasteiger partial charge in [-0.15, -0.1) is 0 Å². The summed E-state index contributed by atoms with van der Waals surface area (Å²) in [5.41, 5.74) is 12.5. The van der Waals surface area contributed by atoms with Gasteiger partial charge in [0.2, 0.25) is 5.91 Å². The molecule has 0 aliphatic carbocycles. The van der Waals surface area contributed by atoms with Crippen molar-refractivity contribution in [3.05, 3.63) is 63.7 Å². The van der Waals surface area contributed by atoms with E-state index in [1.165, 1.54) is 16.7 Å². The lowest BCUT2D eigenvalue weighted by Gasteiger charge is -2.28. The molecule has 2 aromatic rings. The maximum atomic E-state index is 12.2. The average Bonchev–Trinajstić information content (AvgIpc) is 2.91. The van der Waals surface area contributed by atoms with Crippen molar-refractivity contribution in [2.45, 2.75) is 156 Å². The Morgan fingerprint density at radius 3 is 1.58 bits per heavy atom. The minimum Gasteiger partial charge on any atom is -0.507 e. The SMILES string of the molecule is CC(C)(C)c1cc(CCC(=O)NCCCCCCN)cc(C(C)(C)C)c1O.CC(C)(C)c1cc(CCC=O)cc(C(C)(C)C)c1. The highest BCUT2D eigenvalue weighted by Gasteiger charge is 2.26. The van der Waals surface area contributed by atoms with Crippen molar-refractivity contribution in [1.82, 2.24) is 5.32 Å². The number of aromatic hydroxyl groups is 1. The molecule has 0 atom stereocenters. The number of phenolic OH excluding ortho intramolecular Hbond substituents is 1. The number of hydrogen-bond acceptors (Lipinski definition) is 4. The summed E-state index contributed by atoms with van der Waals surface area (Å²) in [5, 5.41) is 13.8. The van der Waals surface area contributed by atoms with Crippen LogP contribution >= 0.6 is 0 Å². The fourth-order valence-electron chi connectivity index (χ4n) is 5.11. The van der Waals surface area contributed by atoms with E-state index < -0.39 is 0 Å². The Morgan fingerprint density at radius 2 is 1.16 bits per heavy atom. The molecule has 4 N–H and O–H groups in total. The lowest BCUT2D eigenvalue weighted by Crippen LogP contribution is -2.25. The third kappa shape index (κ3) is 14.5. The Hall–Kier alpha value is -2.66. The van der Waals surface area contributed by atoms with Gasteiger partial charge < -0.3 is 21.0 Å². The maximum Gasteiger partial charge on any atom is 0.220 e. The highest BCUT2D eigenvalue weighted by molar-refractivity contribution is 5.76. The van der Waals surface area contributed by atoms with E-state index in [1.807, 2.05) is 0 Å². The zero-order chi connectivity index (χ0) is 34.6. The monoisotopic (exact) mass is 623 g/mol. The van der Waals surface area contributed by atoms with Crippen LogP contribution in [0.1, 0.15) is 155 Å². The number of phenols is 1. The third-order valence-electron chi connectivity index (χ3n) is 8.16. The Morgan fingerprint density at radius 1 is 0.689 bits per heavy atom. The van der Waals surface area contributed by atoms with Crippen molar-refractivity contribution in [1.29, 1.82) is 0 Å². The summed E-state index contributed by atoms with van der Waals surface area (Å²) in [6, 6.07) is 10.9. The van der Waals surface area contributed by atoms with Crippen molar-refractivity contribution >= 4 is 12.2 Å². The van der Waals surface area contributed by atoms with Crippen LogP contribution in [0.5, 0.6) is 5.75 Å². The molecule has 0 radical (unpaired) electrons. The minimum atomic E-state index is -0.147. The molecule has 0 unspecified atom stereocenters. The predicted octanol–water partition coefficient (Wildman–Crippen LogP) is 8.97. The molecule has 5 heteroatoms. The van der Waals surface area contributed by atoms with Crippen molar-refractivity contribution in [3.63, 3.8) is 0 Å². The number of hydrogen-bond donors (Lipinski definition) is 3. The van der Waals surface area contributed by atoms with Gasteiger partial charge in [-0.1, -0.05) is 126 Å². The largest absolute Gasteiger partial charge is 0.507 e. The molecule has 1 amide bonds. The maximum absolute atomic E-state index is 12.2. The third-order valence-corrected chi connectivity index (χ3v) is 8.16. The number of aryl methyl sites for hydroxylation is 2. The number of aldehydes is 1. The smallest absolute Gasteiger partial charge is 0.220 e. The normalized spacial score (nSPS) is 12.4. The van der Waals surface area contributed by atoms with Crippen LogP contribution in [0, 0.1) is 0 Å². The fourth-order valence-corrected chi connectivity index (χ4v) is 5.11. The molecular weight excluding hydrogens is 556 g/mol. The van der Waals surface area contributed by atoms with Crippen LogP contribution in [-0.4, -0.2) is 30.4 Å². The summed E-state index contributed by atoms with van der Waals surface area (Å²) in [5.74, 6) is 0.484. The lowest BCUT2D eigenvalue weighted by molar-refractivity contribution is -0.121. The highest BCUT2D eigenvalue weighted by atomic mass is 16.3. The average molecular weight is 623 g/mol. The van der Waals surface area contributed by atoms with E-state index >= 15 is 0 Å². The fraction of sp³-hybridized carbons (Fsp3) is 0.650. The first-order valence-electron chi connectivity index (χ1n) is 17.0. The van der Waals surface area contributed by atoms with Crippen LogP contribution < -0.4 is 11.1 Å². The van der Waals surface area contributed by atoms with Gasteiger partial charge in [0.25, 0.3) is 0 Å². The zero-order valence-electron chi connectivity index (χ0n) is 30.9. The summed E-state index contributed by atoms with van der Waals surface area (Å²) >= 11 is 0. The van der Waals surface area contributed by atoms with Crippen molar-refractivity contribution in [2.24, 2.45) is 5.73 Å². The van der Waals surface area contributed by atoms with E-state index in [2.05, 4.69) is 119 Å². The summed E-state index contributed by atoms with van der Waals surface area (Å²) in [6.07, 6.45) is 7.92. The van der Waals surface area contributed by atoms with Crippen LogP contribution in [0.4, 0.5) is 0 Å². The summed E-state index contributed by atoms with van der Waals surface area (Å²) in [6.45, 7) is 27.5. The van der Waals surface area contributed by atoms with Gasteiger partial charge in [0.05, 0.1) is 0 Å². The Kier molecular flexibility index (Phi) is 15.5. The number of rotatable bonds is 12. The number of unbranched alkanes of at least 4 members (excludes halogenated alkanes) is 3. The quantitative estimate of drug-likeness (QED) is 0.163. The molecule has 45 heavy (non-hydrogen) atoms. The predicted molar refractivity (Wildman–Crippen MR) is 193 cm³/mol. The van der Waals surface area contributed by atoms with Crippen molar-refractivity contribution in [2.75, 3.05) is 13.1 Å². The Bertz CT molecular complexity index is 1150. The number of nitrogens with one attached hydrogen (secondary N) is 1. The van der Waals surface area contributed by atoms with E-state index in [9.17, 15) is 14.7 Å². The molecule has 0 saturated heterocycles. The highest BCUT2D eigenvalue weighted by Crippen LogP contribution is 2.40. The first kappa shape index (κ1) is 40.4. The van der Waals surface area contributed by atoms with Gasteiger partial charge in [-0.2, -0.15) is 0 Å².